The Morgan fingerprint density at radius 1 is 1.09 bits per heavy atom. The van der Waals surface area contributed by atoms with E-state index in [1.54, 1.807) is 29.2 Å². The molecule has 6 nitrogen and oxygen atoms in total. The van der Waals surface area contributed by atoms with Gasteiger partial charge < -0.3 is 9.64 Å². The zero-order valence-electron chi connectivity index (χ0n) is 17.4. The second-order valence-corrected chi connectivity index (χ2v) is 9.39. The van der Waals surface area contributed by atoms with Gasteiger partial charge in [0.25, 0.3) is 11.1 Å². The Labute approximate surface area is 204 Å². The Kier molecular flexibility index (Phi) is 7.26. The maximum atomic E-state index is 13.0. The lowest BCUT2D eigenvalue weighted by atomic mass is 10.2. The normalized spacial score (nSPS) is 17.4. The highest BCUT2D eigenvalue weighted by atomic mass is 35.5. The van der Waals surface area contributed by atoms with Gasteiger partial charge in [0.2, 0.25) is 5.91 Å². The van der Waals surface area contributed by atoms with Crippen LogP contribution in [0, 0.1) is 5.82 Å². The third-order valence-corrected chi connectivity index (χ3v) is 6.71. The second-order valence-electron chi connectivity index (χ2n) is 7.58. The largest absolute Gasteiger partial charge is 0.486 e. The lowest BCUT2D eigenvalue weighted by molar-refractivity contribution is -0.135. The first-order valence-corrected chi connectivity index (χ1v) is 11.8. The van der Waals surface area contributed by atoms with Gasteiger partial charge >= 0.3 is 0 Å². The van der Waals surface area contributed by atoms with Crippen molar-refractivity contribution < 1.29 is 23.5 Å². The molecule has 0 saturated carbocycles. The minimum Gasteiger partial charge on any atom is -0.486 e. The third-order valence-electron chi connectivity index (χ3n) is 5.24. The number of carbonyl (C=O) groups excluding carboxylic acids is 3. The Bertz CT molecular complexity index is 1110. The Hall–Kier alpha value is -2.55. The molecule has 3 amide bonds. The molecule has 2 aromatic rings. The minimum absolute atomic E-state index is 0.142. The fourth-order valence-electron chi connectivity index (χ4n) is 3.53. The summed E-state index contributed by atoms with van der Waals surface area (Å²) >= 11 is 13.4. The average Bonchev–Trinajstić information content (AvgIpc) is 3.39. The molecule has 2 fully saturated rings. The molecule has 172 valence electrons. The van der Waals surface area contributed by atoms with Gasteiger partial charge in [0.15, 0.2) is 5.75 Å². The van der Waals surface area contributed by atoms with Crippen LogP contribution in [0.1, 0.15) is 24.0 Å². The third kappa shape index (κ3) is 5.51. The number of thioether (sulfide) groups is 1. The molecule has 4 rings (SSSR count). The van der Waals surface area contributed by atoms with E-state index in [1.807, 2.05) is 0 Å². The average molecular weight is 509 g/mol. The van der Waals surface area contributed by atoms with E-state index in [2.05, 4.69) is 0 Å². The molecule has 2 aromatic carbocycles. The molecular formula is C23H19Cl2FN2O4S. The summed E-state index contributed by atoms with van der Waals surface area (Å²) in [5.41, 5.74) is 1.25. The molecule has 0 bridgehead atoms. The number of carbonyl (C=O) groups is 3. The van der Waals surface area contributed by atoms with Crippen LogP contribution < -0.4 is 4.74 Å². The van der Waals surface area contributed by atoms with Gasteiger partial charge in [-0.2, -0.15) is 0 Å². The number of rotatable bonds is 6. The summed E-state index contributed by atoms with van der Waals surface area (Å²) in [5.74, 6) is -0.848. The van der Waals surface area contributed by atoms with Crippen molar-refractivity contribution in [1.82, 2.24) is 9.80 Å². The molecule has 33 heavy (non-hydrogen) atoms. The molecule has 2 saturated heterocycles. The first-order chi connectivity index (χ1) is 15.8. The first-order valence-electron chi connectivity index (χ1n) is 10.2. The standard InChI is InChI=1S/C23H19Cl2FN2O4S/c24-17-9-15(10-18(25)21(17)32-13-14-3-5-16(26)6-4-14)11-19-22(30)28(23(31)33-19)12-20(29)27-7-1-2-8-27/h3-6,9-11H,1-2,7-8,12-13H2/b19-11+. The molecule has 0 radical (unpaired) electrons. The lowest BCUT2D eigenvalue weighted by Crippen LogP contribution is -2.40. The van der Waals surface area contributed by atoms with Gasteiger partial charge in [0, 0.05) is 13.1 Å². The second kappa shape index (κ2) is 10.2. The molecule has 0 unspecified atom stereocenters. The number of ether oxygens (including phenoxy) is 1. The number of halogens is 3. The fourth-order valence-corrected chi connectivity index (χ4v) is 4.98. The summed E-state index contributed by atoms with van der Waals surface area (Å²) in [6.07, 6.45) is 3.37. The Morgan fingerprint density at radius 2 is 1.73 bits per heavy atom. The topological polar surface area (TPSA) is 66.9 Å². The van der Waals surface area contributed by atoms with Crippen LogP contribution in [-0.2, 0) is 16.2 Å². The van der Waals surface area contributed by atoms with E-state index in [0.29, 0.717) is 18.7 Å². The van der Waals surface area contributed by atoms with Crippen molar-refractivity contribution in [2.24, 2.45) is 0 Å². The van der Waals surface area contributed by atoms with Crippen LogP contribution >= 0.6 is 35.0 Å². The van der Waals surface area contributed by atoms with Crippen LogP contribution in [0.2, 0.25) is 10.0 Å². The van der Waals surface area contributed by atoms with Gasteiger partial charge in [-0.25, -0.2) is 4.39 Å². The van der Waals surface area contributed by atoms with Crippen molar-refractivity contribution in [2.75, 3.05) is 19.6 Å². The first kappa shape index (κ1) is 23.6. The molecule has 2 aliphatic heterocycles. The van der Waals surface area contributed by atoms with Gasteiger partial charge in [0.1, 0.15) is 19.0 Å². The molecule has 0 N–H and O–H groups in total. The predicted octanol–water partition coefficient (Wildman–Crippen LogP) is 5.37. The molecular weight excluding hydrogens is 490 g/mol. The molecule has 2 aliphatic rings. The van der Waals surface area contributed by atoms with Crippen molar-refractivity contribution in [3.63, 3.8) is 0 Å². The molecule has 10 heteroatoms. The lowest BCUT2D eigenvalue weighted by Gasteiger charge is -2.18. The summed E-state index contributed by atoms with van der Waals surface area (Å²) in [6.45, 7) is 1.18. The molecule has 2 heterocycles. The van der Waals surface area contributed by atoms with Gasteiger partial charge in [-0.3, -0.25) is 19.3 Å². The van der Waals surface area contributed by atoms with Crippen LogP contribution in [0.25, 0.3) is 6.08 Å². The van der Waals surface area contributed by atoms with E-state index in [4.69, 9.17) is 27.9 Å². The van der Waals surface area contributed by atoms with E-state index < -0.39 is 11.1 Å². The molecule has 0 aliphatic carbocycles. The van der Waals surface area contributed by atoms with E-state index in [-0.39, 0.29) is 45.6 Å². The number of likely N-dealkylation sites (tertiary alicyclic amines) is 1. The van der Waals surface area contributed by atoms with E-state index in [0.717, 1.165) is 35.1 Å². The van der Waals surface area contributed by atoms with Gasteiger partial charge in [-0.05, 0) is 66.1 Å². The smallest absolute Gasteiger partial charge is 0.294 e. The highest BCUT2D eigenvalue weighted by Crippen LogP contribution is 2.37. The SMILES string of the molecule is O=C(CN1C(=O)S/C(=C/c2cc(Cl)c(OCc3ccc(F)cc3)c(Cl)c2)C1=O)N1CCCC1. The maximum Gasteiger partial charge on any atom is 0.294 e. The minimum atomic E-state index is -0.526. The van der Waals surface area contributed by atoms with E-state index in [1.165, 1.54) is 18.2 Å². The summed E-state index contributed by atoms with van der Waals surface area (Å²) in [4.78, 5) is 40.2. The van der Waals surface area contributed by atoms with E-state index in [9.17, 15) is 18.8 Å². The van der Waals surface area contributed by atoms with Crippen molar-refractivity contribution in [1.29, 1.82) is 0 Å². The number of imide groups is 1. The Balaban J connectivity index is 1.45. The van der Waals surface area contributed by atoms with Crippen molar-refractivity contribution in [2.45, 2.75) is 19.4 Å². The molecule has 0 aromatic heterocycles. The van der Waals surface area contributed by atoms with Gasteiger partial charge in [-0.15, -0.1) is 0 Å². The van der Waals surface area contributed by atoms with Crippen LogP contribution in [0.15, 0.2) is 41.3 Å². The van der Waals surface area contributed by atoms with Crippen molar-refractivity contribution >= 4 is 58.1 Å². The van der Waals surface area contributed by atoms with Crippen molar-refractivity contribution in [3.8, 4) is 5.75 Å². The Morgan fingerprint density at radius 3 is 2.36 bits per heavy atom. The zero-order valence-corrected chi connectivity index (χ0v) is 19.7. The number of amides is 3. The number of nitrogens with zero attached hydrogens (tertiary/aromatic N) is 2. The molecule has 0 spiro atoms. The quantitative estimate of drug-likeness (QED) is 0.490. The predicted molar refractivity (Wildman–Crippen MR) is 126 cm³/mol. The number of benzene rings is 2. The van der Waals surface area contributed by atoms with Crippen LogP contribution in [0.3, 0.4) is 0 Å². The monoisotopic (exact) mass is 508 g/mol. The van der Waals surface area contributed by atoms with Gasteiger partial charge in [-0.1, -0.05) is 35.3 Å². The summed E-state index contributed by atoms with van der Waals surface area (Å²) in [5, 5.41) is -0.0474. The van der Waals surface area contributed by atoms with Crippen LogP contribution in [0.4, 0.5) is 9.18 Å². The maximum absolute atomic E-state index is 13.0. The zero-order chi connectivity index (χ0) is 23.5. The number of hydrogen-bond donors (Lipinski definition) is 0. The highest BCUT2D eigenvalue weighted by Gasteiger charge is 2.37. The summed E-state index contributed by atoms with van der Waals surface area (Å²) < 4.78 is 18.7. The molecule has 0 atom stereocenters. The highest BCUT2D eigenvalue weighted by molar-refractivity contribution is 8.18. The summed E-state index contributed by atoms with van der Waals surface area (Å²) in [6, 6.07) is 8.98. The van der Waals surface area contributed by atoms with Gasteiger partial charge in [0.05, 0.1) is 15.0 Å². The fraction of sp³-hybridized carbons (Fsp3) is 0.261. The van der Waals surface area contributed by atoms with Crippen LogP contribution in [-0.4, -0.2) is 46.5 Å². The summed E-state index contributed by atoms with van der Waals surface area (Å²) in [7, 11) is 0. The van der Waals surface area contributed by atoms with E-state index >= 15 is 0 Å². The number of hydrogen-bond acceptors (Lipinski definition) is 5. The van der Waals surface area contributed by atoms with Crippen molar-refractivity contribution in [3.05, 3.63) is 68.3 Å². The van der Waals surface area contributed by atoms with Crippen LogP contribution in [0.5, 0.6) is 5.75 Å².